The molecular formula is C52H31N5O. The van der Waals surface area contributed by atoms with Gasteiger partial charge in [0.25, 0.3) is 0 Å². The van der Waals surface area contributed by atoms with E-state index in [-0.39, 0.29) is 0 Å². The Morgan fingerprint density at radius 1 is 0.397 bits per heavy atom. The molecule has 2 aliphatic rings. The molecule has 0 N–H and O–H groups in total. The lowest BCUT2D eigenvalue weighted by atomic mass is 9.66. The maximum Gasteiger partial charge on any atom is 0.132 e. The van der Waals surface area contributed by atoms with Crippen LogP contribution in [0.3, 0.4) is 0 Å². The molecule has 0 saturated carbocycles. The van der Waals surface area contributed by atoms with Crippen LogP contribution in [0.1, 0.15) is 22.3 Å². The zero-order valence-corrected chi connectivity index (χ0v) is 31.0. The van der Waals surface area contributed by atoms with Crippen molar-refractivity contribution in [1.29, 1.82) is 0 Å². The van der Waals surface area contributed by atoms with Crippen LogP contribution in [0.2, 0.25) is 0 Å². The van der Waals surface area contributed by atoms with Crippen molar-refractivity contribution >= 4 is 43.6 Å². The molecule has 6 heterocycles. The Labute approximate surface area is 332 Å². The third-order valence-corrected chi connectivity index (χ3v) is 12.3. The maximum absolute atomic E-state index is 6.75. The summed E-state index contributed by atoms with van der Waals surface area (Å²) >= 11 is 0. The van der Waals surface area contributed by atoms with Crippen LogP contribution in [0.15, 0.2) is 188 Å². The summed E-state index contributed by atoms with van der Waals surface area (Å²) in [5.74, 6) is 1.63. The Morgan fingerprint density at radius 3 is 1.47 bits per heavy atom. The smallest absolute Gasteiger partial charge is 0.132 e. The molecule has 0 unspecified atom stereocenters. The van der Waals surface area contributed by atoms with E-state index in [4.69, 9.17) is 19.7 Å². The van der Waals surface area contributed by atoms with Gasteiger partial charge in [0, 0.05) is 50.6 Å². The second-order valence-electron chi connectivity index (χ2n) is 15.2. The fourth-order valence-corrected chi connectivity index (χ4v) is 10.0. The van der Waals surface area contributed by atoms with Gasteiger partial charge in [-0.05, 0) is 77.9 Å². The highest BCUT2D eigenvalue weighted by molar-refractivity contribution is 6.11. The lowest BCUT2D eigenvalue weighted by Crippen LogP contribution is -2.32. The summed E-state index contributed by atoms with van der Waals surface area (Å²) in [6.45, 7) is 0. The van der Waals surface area contributed by atoms with E-state index in [0.717, 1.165) is 89.8 Å². The molecule has 0 bridgehead atoms. The molecule has 0 fully saturated rings. The van der Waals surface area contributed by atoms with Gasteiger partial charge < -0.3 is 13.9 Å². The van der Waals surface area contributed by atoms with Crippen molar-refractivity contribution < 1.29 is 4.74 Å². The largest absolute Gasteiger partial charge is 0.457 e. The summed E-state index contributed by atoms with van der Waals surface area (Å²) in [7, 11) is 0. The summed E-state index contributed by atoms with van der Waals surface area (Å²) in [5, 5.41) is 4.82. The van der Waals surface area contributed by atoms with Gasteiger partial charge in [0.15, 0.2) is 0 Å². The van der Waals surface area contributed by atoms with Crippen molar-refractivity contribution in [2.24, 2.45) is 0 Å². The van der Waals surface area contributed by atoms with Gasteiger partial charge in [0.1, 0.15) is 11.5 Å². The molecule has 0 amide bonds. The molecule has 11 aromatic rings. The number of ether oxygens (including phenoxy) is 1. The molecule has 0 radical (unpaired) electrons. The van der Waals surface area contributed by atoms with Crippen LogP contribution in [0.4, 0.5) is 0 Å². The number of benzene rings is 6. The zero-order chi connectivity index (χ0) is 38.0. The predicted octanol–water partition coefficient (Wildman–Crippen LogP) is 12.2. The number of aromatic nitrogens is 5. The highest BCUT2D eigenvalue weighted by Gasteiger charge is 2.52. The molecule has 6 heteroatoms. The average molecular weight is 742 g/mol. The van der Waals surface area contributed by atoms with E-state index in [1.807, 2.05) is 30.6 Å². The number of pyridine rings is 3. The van der Waals surface area contributed by atoms with Gasteiger partial charge in [0.2, 0.25) is 0 Å². The van der Waals surface area contributed by atoms with E-state index in [1.165, 1.54) is 21.5 Å². The molecule has 5 aromatic heterocycles. The van der Waals surface area contributed by atoms with Crippen molar-refractivity contribution in [1.82, 2.24) is 24.1 Å². The van der Waals surface area contributed by atoms with Gasteiger partial charge in [-0.3, -0.25) is 15.0 Å². The Hall–Kier alpha value is -7.83. The third-order valence-electron chi connectivity index (χ3n) is 12.3. The number of nitrogens with zero attached hydrogens (tertiary/aromatic N) is 5. The van der Waals surface area contributed by atoms with E-state index >= 15 is 0 Å². The zero-order valence-electron chi connectivity index (χ0n) is 31.0. The third kappa shape index (κ3) is 4.03. The molecule has 1 aliphatic carbocycles. The number of fused-ring (bicyclic) bond motifs is 15. The SMILES string of the molecule is c1ccc2c(c1)Oc1ccc(-c3cc(-n4c5ccccc5c5ccccc54)c(-n4c5ccccc5c5ccccc54)cn3)cc1C21c2cccnc2-c2ncccc21. The number of hydrogen-bond acceptors (Lipinski definition) is 4. The van der Waals surface area contributed by atoms with Crippen molar-refractivity contribution in [3.8, 4) is 45.5 Å². The van der Waals surface area contributed by atoms with E-state index in [9.17, 15) is 0 Å². The molecule has 270 valence electrons. The average Bonchev–Trinajstić information content (AvgIpc) is 3.91. The first kappa shape index (κ1) is 31.4. The van der Waals surface area contributed by atoms with E-state index < -0.39 is 5.41 Å². The second-order valence-corrected chi connectivity index (χ2v) is 15.2. The Morgan fingerprint density at radius 2 is 0.879 bits per heavy atom. The van der Waals surface area contributed by atoms with Gasteiger partial charge >= 0.3 is 0 Å². The lowest BCUT2D eigenvalue weighted by molar-refractivity contribution is 0.436. The number of para-hydroxylation sites is 5. The molecular weight excluding hydrogens is 711 g/mol. The van der Waals surface area contributed by atoms with Crippen LogP contribution >= 0.6 is 0 Å². The van der Waals surface area contributed by atoms with Crippen molar-refractivity contribution in [3.63, 3.8) is 0 Å². The van der Waals surface area contributed by atoms with Gasteiger partial charge in [-0.15, -0.1) is 0 Å². The summed E-state index contributed by atoms with van der Waals surface area (Å²) in [6, 6.07) is 60.3. The fourth-order valence-electron chi connectivity index (χ4n) is 10.0. The number of hydrogen-bond donors (Lipinski definition) is 0. The first-order chi connectivity index (χ1) is 28.8. The minimum absolute atomic E-state index is 0.689. The van der Waals surface area contributed by atoms with Crippen LogP contribution in [-0.2, 0) is 5.41 Å². The van der Waals surface area contributed by atoms with Crippen LogP contribution in [0.5, 0.6) is 11.5 Å². The molecule has 58 heavy (non-hydrogen) atoms. The van der Waals surface area contributed by atoms with Crippen LogP contribution in [0.25, 0.3) is 77.6 Å². The minimum Gasteiger partial charge on any atom is -0.457 e. The summed E-state index contributed by atoms with van der Waals surface area (Å²) in [4.78, 5) is 15.2. The standard InChI is InChI=1S/C52H31N5O/c1-6-20-42-33(13-1)34-14-2-7-21-43(34)56(42)46-30-41(55-31-47(46)57-44-22-8-3-15-35(44)36-16-4-9-23-45(36)57)32-25-26-49-40(29-32)52(37-17-5-10-24-48(37)58-49)38-18-11-27-53-50(38)51-39(52)19-12-28-54-51/h1-31H. The highest BCUT2D eigenvalue weighted by Crippen LogP contribution is 2.61. The molecule has 6 aromatic carbocycles. The normalized spacial score (nSPS) is 13.4. The minimum atomic E-state index is -0.689. The summed E-state index contributed by atoms with van der Waals surface area (Å²) in [6.07, 6.45) is 5.78. The van der Waals surface area contributed by atoms with Crippen molar-refractivity contribution in [3.05, 3.63) is 211 Å². The maximum atomic E-state index is 6.75. The van der Waals surface area contributed by atoms with Gasteiger partial charge in [0.05, 0.1) is 62.1 Å². The topological polar surface area (TPSA) is 57.8 Å². The van der Waals surface area contributed by atoms with Crippen molar-refractivity contribution in [2.75, 3.05) is 0 Å². The van der Waals surface area contributed by atoms with Crippen LogP contribution in [-0.4, -0.2) is 24.1 Å². The predicted molar refractivity (Wildman–Crippen MR) is 231 cm³/mol. The van der Waals surface area contributed by atoms with E-state index in [2.05, 4.69) is 167 Å². The lowest BCUT2D eigenvalue weighted by Gasteiger charge is -2.39. The molecule has 1 aliphatic heterocycles. The molecule has 0 saturated heterocycles. The van der Waals surface area contributed by atoms with E-state index in [1.54, 1.807) is 0 Å². The van der Waals surface area contributed by atoms with Crippen LogP contribution in [0, 0.1) is 0 Å². The monoisotopic (exact) mass is 741 g/mol. The summed E-state index contributed by atoms with van der Waals surface area (Å²) in [5.41, 5.74) is 13.8. The van der Waals surface area contributed by atoms with E-state index in [0.29, 0.717) is 0 Å². The van der Waals surface area contributed by atoms with Gasteiger partial charge in [-0.1, -0.05) is 103 Å². The highest BCUT2D eigenvalue weighted by atomic mass is 16.5. The quantitative estimate of drug-likeness (QED) is 0.181. The second kappa shape index (κ2) is 11.6. The summed E-state index contributed by atoms with van der Waals surface area (Å²) < 4.78 is 11.5. The first-order valence-electron chi connectivity index (χ1n) is 19.6. The molecule has 6 nitrogen and oxygen atoms in total. The molecule has 0 atom stereocenters. The van der Waals surface area contributed by atoms with Crippen LogP contribution < -0.4 is 4.74 Å². The first-order valence-corrected chi connectivity index (χ1v) is 19.6. The van der Waals surface area contributed by atoms with Gasteiger partial charge in [-0.25, -0.2) is 0 Å². The molecule has 1 spiro atoms. The Kier molecular flexibility index (Phi) is 6.28. The number of rotatable bonds is 3. The Balaban J connectivity index is 1.11. The molecule has 13 rings (SSSR count). The van der Waals surface area contributed by atoms with Gasteiger partial charge in [-0.2, -0.15) is 0 Å². The van der Waals surface area contributed by atoms with Crippen molar-refractivity contribution in [2.45, 2.75) is 5.41 Å². The fraction of sp³-hybridized carbons (Fsp3) is 0.0192. The Bertz CT molecular complexity index is 3370.